The van der Waals surface area contributed by atoms with Crippen LogP contribution in [-0.2, 0) is 13.2 Å². The van der Waals surface area contributed by atoms with Gasteiger partial charge in [-0.15, -0.1) is 0 Å². The summed E-state index contributed by atoms with van der Waals surface area (Å²) in [6.07, 6.45) is -4.42. The third kappa shape index (κ3) is 1.60. The second-order valence-corrected chi connectivity index (χ2v) is 3.45. The van der Waals surface area contributed by atoms with Crippen molar-refractivity contribution in [2.24, 2.45) is 7.05 Å². The molecule has 0 saturated carbocycles. The van der Waals surface area contributed by atoms with Crippen LogP contribution in [0.1, 0.15) is 5.82 Å². The van der Waals surface area contributed by atoms with Crippen LogP contribution in [0.2, 0.25) is 0 Å². The molecule has 2 aromatic rings. The minimum Gasteiger partial charge on any atom is -0.388 e. The summed E-state index contributed by atoms with van der Waals surface area (Å²) in [5.74, 6) is -0.879. The molecule has 0 radical (unpaired) electrons. The predicted molar refractivity (Wildman–Crippen MR) is 55.3 cm³/mol. The number of aryl methyl sites for hydroxylation is 1. The fourth-order valence-corrected chi connectivity index (χ4v) is 1.61. The Labute approximate surface area is 89.9 Å². The van der Waals surface area contributed by atoms with Crippen molar-refractivity contribution in [3.63, 3.8) is 0 Å². The van der Waals surface area contributed by atoms with E-state index in [1.165, 1.54) is 7.05 Å². The van der Waals surface area contributed by atoms with E-state index in [-0.39, 0.29) is 0 Å². The molecule has 0 aliphatic carbocycles. The van der Waals surface area contributed by atoms with Gasteiger partial charge >= 0.3 is 6.18 Å². The minimum atomic E-state index is -4.42. The summed E-state index contributed by atoms with van der Waals surface area (Å²) in [7, 11) is 3.06. The topological polar surface area (TPSA) is 29.9 Å². The number of hydrogen-bond donors (Lipinski definition) is 1. The molecule has 0 atom stereocenters. The summed E-state index contributed by atoms with van der Waals surface area (Å²) in [5, 5.41) is 2.86. The zero-order valence-corrected chi connectivity index (χ0v) is 8.76. The maximum absolute atomic E-state index is 12.6. The zero-order valence-electron chi connectivity index (χ0n) is 8.76. The summed E-state index contributed by atoms with van der Waals surface area (Å²) in [6.45, 7) is 0. The van der Waals surface area contributed by atoms with Gasteiger partial charge in [-0.1, -0.05) is 0 Å². The number of fused-ring (bicyclic) bond motifs is 1. The largest absolute Gasteiger partial charge is 0.449 e. The number of aromatic nitrogens is 2. The molecule has 0 bridgehead atoms. The predicted octanol–water partition coefficient (Wildman–Crippen LogP) is 2.63. The average Bonchev–Trinajstić information content (AvgIpc) is 2.55. The first-order valence-corrected chi connectivity index (χ1v) is 4.65. The van der Waals surface area contributed by atoms with Gasteiger partial charge in [0.25, 0.3) is 0 Å². The van der Waals surface area contributed by atoms with Crippen molar-refractivity contribution in [3.8, 4) is 0 Å². The molecule has 6 heteroatoms. The molecular weight excluding hydrogens is 219 g/mol. The van der Waals surface area contributed by atoms with Gasteiger partial charge in [0.15, 0.2) is 0 Å². The van der Waals surface area contributed by atoms with Gasteiger partial charge in [0, 0.05) is 19.8 Å². The SMILES string of the molecule is CNc1ccc2c(c1)nc(C(F)(F)F)n2C. The molecule has 2 rings (SSSR count). The molecule has 1 heterocycles. The first-order chi connectivity index (χ1) is 7.43. The quantitative estimate of drug-likeness (QED) is 0.814. The first-order valence-electron chi connectivity index (χ1n) is 4.65. The Hall–Kier alpha value is -1.72. The highest BCUT2D eigenvalue weighted by Crippen LogP contribution is 2.31. The van der Waals surface area contributed by atoms with Crippen molar-refractivity contribution in [3.05, 3.63) is 24.0 Å². The van der Waals surface area contributed by atoms with Gasteiger partial charge in [-0.3, -0.25) is 0 Å². The molecule has 0 saturated heterocycles. The van der Waals surface area contributed by atoms with Gasteiger partial charge in [0.2, 0.25) is 5.82 Å². The fourth-order valence-electron chi connectivity index (χ4n) is 1.61. The highest BCUT2D eigenvalue weighted by molar-refractivity contribution is 5.80. The Kier molecular flexibility index (Phi) is 2.29. The molecule has 0 fully saturated rings. The van der Waals surface area contributed by atoms with E-state index in [1.54, 1.807) is 25.2 Å². The van der Waals surface area contributed by atoms with Crippen molar-refractivity contribution in [1.82, 2.24) is 9.55 Å². The van der Waals surface area contributed by atoms with E-state index in [0.717, 1.165) is 10.3 Å². The number of rotatable bonds is 1. The van der Waals surface area contributed by atoms with Crippen LogP contribution < -0.4 is 5.32 Å². The van der Waals surface area contributed by atoms with E-state index in [2.05, 4.69) is 10.3 Å². The lowest BCUT2D eigenvalue weighted by Crippen LogP contribution is -2.12. The van der Waals surface area contributed by atoms with E-state index < -0.39 is 12.0 Å². The third-order valence-electron chi connectivity index (χ3n) is 2.42. The van der Waals surface area contributed by atoms with Crippen LogP contribution in [0.5, 0.6) is 0 Å². The van der Waals surface area contributed by atoms with Crippen LogP contribution in [0.4, 0.5) is 18.9 Å². The van der Waals surface area contributed by atoms with Gasteiger partial charge in [-0.25, -0.2) is 4.98 Å². The van der Waals surface area contributed by atoms with Crippen molar-refractivity contribution in [2.45, 2.75) is 6.18 Å². The molecular formula is C10H10F3N3. The molecule has 1 aromatic carbocycles. The van der Waals surface area contributed by atoms with E-state index in [4.69, 9.17) is 0 Å². The molecule has 0 aliphatic heterocycles. The van der Waals surface area contributed by atoms with E-state index in [0.29, 0.717) is 11.0 Å². The Balaban J connectivity index is 2.68. The van der Waals surface area contributed by atoms with Gasteiger partial charge in [0.1, 0.15) is 0 Å². The first kappa shape index (κ1) is 10.8. The lowest BCUT2D eigenvalue weighted by Gasteiger charge is -2.05. The second-order valence-electron chi connectivity index (χ2n) is 3.45. The van der Waals surface area contributed by atoms with Crippen molar-refractivity contribution in [1.29, 1.82) is 0 Å². The molecule has 0 amide bonds. The summed E-state index contributed by atoms with van der Waals surface area (Å²) in [6, 6.07) is 4.91. The third-order valence-corrected chi connectivity index (χ3v) is 2.42. The summed E-state index contributed by atoms with van der Waals surface area (Å²) < 4.78 is 38.8. The molecule has 16 heavy (non-hydrogen) atoms. The number of nitrogens with zero attached hydrogens (tertiary/aromatic N) is 2. The van der Waals surface area contributed by atoms with Crippen LogP contribution in [0.15, 0.2) is 18.2 Å². The standard InChI is InChI=1S/C10H10F3N3/c1-14-6-3-4-8-7(5-6)15-9(16(8)2)10(11,12)13/h3-5,14H,1-2H3. The lowest BCUT2D eigenvalue weighted by molar-refractivity contribution is -0.146. The van der Waals surface area contributed by atoms with Crippen molar-refractivity contribution in [2.75, 3.05) is 12.4 Å². The molecule has 1 aromatic heterocycles. The molecule has 0 unspecified atom stereocenters. The van der Waals surface area contributed by atoms with Gasteiger partial charge < -0.3 is 9.88 Å². The Morgan fingerprint density at radius 1 is 1.31 bits per heavy atom. The number of alkyl halides is 3. The Bertz CT molecular complexity index is 528. The van der Waals surface area contributed by atoms with E-state index in [1.807, 2.05) is 0 Å². The zero-order chi connectivity index (χ0) is 11.9. The molecule has 86 valence electrons. The molecule has 0 spiro atoms. The number of imidazole rings is 1. The van der Waals surface area contributed by atoms with Crippen molar-refractivity contribution >= 4 is 16.7 Å². The Morgan fingerprint density at radius 2 is 2.00 bits per heavy atom. The van der Waals surface area contributed by atoms with Crippen LogP contribution in [-0.4, -0.2) is 16.6 Å². The van der Waals surface area contributed by atoms with Crippen LogP contribution in [0.3, 0.4) is 0 Å². The molecule has 3 nitrogen and oxygen atoms in total. The smallest absolute Gasteiger partial charge is 0.388 e. The number of benzene rings is 1. The highest BCUT2D eigenvalue weighted by Gasteiger charge is 2.36. The maximum atomic E-state index is 12.6. The number of hydrogen-bond acceptors (Lipinski definition) is 2. The van der Waals surface area contributed by atoms with E-state index >= 15 is 0 Å². The Morgan fingerprint density at radius 3 is 2.56 bits per heavy atom. The normalized spacial score (nSPS) is 12.1. The monoisotopic (exact) mass is 229 g/mol. The van der Waals surface area contributed by atoms with Crippen LogP contribution in [0, 0.1) is 0 Å². The number of halogens is 3. The fraction of sp³-hybridized carbons (Fsp3) is 0.300. The van der Waals surface area contributed by atoms with E-state index in [9.17, 15) is 13.2 Å². The maximum Gasteiger partial charge on any atom is 0.449 e. The second kappa shape index (κ2) is 3.40. The van der Waals surface area contributed by atoms with Gasteiger partial charge in [-0.05, 0) is 18.2 Å². The van der Waals surface area contributed by atoms with Gasteiger partial charge in [0.05, 0.1) is 11.0 Å². The van der Waals surface area contributed by atoms with Crippen LogP contribution >= 0.6 is 0 Å². The highest BCUT2D eigenvalue weighted by atomic mass is 19.4. The minimum absolute atomic E-state index is 0.335. The summed E-state index contributed by atoms with van der Waals surface area (Å²) in [4.78, 5) is 3.59. The molecule has 0 aliphatic rings. The lowest BCUT2D eigenvalue weighted by atomic mass is 10.3. The van der Waals surface area contributed by atoms with Crippen molar-refractivity contribution < 1.29 is 13.2 Å². The average molecular weight is 229 g/mol. The van der Waals surface area contributed by atoms with Crippen LogP contribution in [0.25, 0.3) is 11.0 Å². The summed E-state index contributed by atoms with van der Waals surface area (Å²) >= 11 is 0. The van der Waals surface area contributed by atoms with Gasteiger partial charge in [-0.2, -0.15) is 13.2 Å². The number of nitrogens with one attached hydrogen (secondary N) is 1. The molecule has 1 N–H and O–H groups in total. The summed E-state index contributed by atoms with van der Waals surface area (Å²) in [5.41, 5.74) is 1.53. The number of anilines is 1.